The molecule has 0 unspecified atom stereocenters. The molecule has 1 fully saturated rings. The van der Waals surface area contributed by atoms with Crippen LogP contribution >= 0.6 is 11.6 Å². The van der Waals surface area contributed by atoms with Crippen LogP contribution in [0.4, 0.5) is 10.1 Å². The second-order valence-electron chi connectivity index (χ2n) is 9.17. The molecule has 1 saturated carbocycles. The van der Waals surface area contributed by atoms with Crippen molar-refractivity contribution in [2.75, 3.05) is 26.0 Å². The summed E-state index contributed by atoms with van der Waals surface area (Å²) in [4.78, 5) is 6.94. The highest BCUT2D eigenvalue weighted by molar-refractivity contribution is 6.32. The van der Waals surface area contributed by atoms with Gasteiger partial charge in [-0.15, -0.1) is 0 Å². The molecule has 1 aromatic heterocycles. The van der Waals surface area contributed by atoms with Gasteiger partial charge in [0.1, 0.15) is 0 Å². The number of phenolic OH excluding ortho intramolecular Hbond substituents is 1. The van der Waals surface area contributed by atoms with E-state index in [1.807, 2.05) is 24.4 Å². The molecule has 2 aromatic carbocycles. The molecule has 4 nitrogen and oxygen atoms in total. The lowest BCUT2D eigenvalue weighted by atomic mass is 9.85. The van der Waals surface area contributed by atoms with Gasteiger partial charge in [0.25, 0.3) is 0 Å². The van der Waals surface area contributed by atoms with Crippen LogP contribution in [0.5, 0.6) is 5.75 Å². The summed E-state index contributed by atoms with van der Waals surface area (Å²) in [5.41, 5.74) is 4.67. The molecule has 1 aliphatic rings. The number of aryl methyl sites for hydroxylation is 1. The molecule has 1 aliphatic carbocycles. The number of pyridine rings is 1. The first-order valence-corrected chi connectivity index (χ1v) is 11.7. The van der Waals surface area contributed by atoms with E-state index in [2.05, 4.69) is 36.2 Å². The van der Waals surface area contributed by atoms with Gasteiger partial charge in [-0.3, -0.25) is 4.98 Å². The Morgan fingerprint density at radius 3 is 2.72 bits per heavy atom. The van der Waals surface area contributed by atoms with E-state index in [0.29, 0.717) is 17.5 Å². The number of rotatable bonds is 6. The van der Waals surface area contributed by atoms with E-state index in [1.54, 1.807) is 6.07 Å². The normalized spacial score (nSPS) is 18.9. The van der Waals surface area contributed by atoms with E-state index >= 15 is 0 Å². The van der Waals surface area contributed by atoms with Crippen LogP contribution in [0.3, 0.4) is 0 Å². The number of nitrogens with one attached hydrogen (secondary N) is 1. The molecule has 0 radical (unpaired) electrons. The van der Waals surface area contributed by atoms with Crippen molar-refractivity contribution in [3.05, 3.63) is 52.9 Å². The first kappa shape index (κ1) is 22.8. The molecule has 2 N–H and O–H groups in total. The lowest BCUT2D eigenvalue weighted by molar-refractivity contribution is 0.253. The summed E-state index contributed by atoms with van der Waals surface area (Å²) in [5.74, 6) is -0.536. The molecular weight excluding hydrogens is 425 g/mol. The standard InChI is InChI=1S/C26H31ClFN3O/c1-4-17-14-29-24-9-8-18(19-12-22(27)26(32)23(28)13-19)11-21(24)25(17)30-20-7-5-6-16(10-20)15-31(2)3/h8-9,11-14,16,20,32H,4-7,10,15H2,1-3H3,(H,29,30)/t16-,20-/m1/s1. The average Bonchev–Trinajstić information content (AvgIpc) is 2.77. The summed E-state index contributed by atoms with van der Waals surface area (Å²) in [6.07, 6.45) is 7.67. The minimum absolute atomic E-state index is 0.00742. The molecular formula is C26H31ClFN3O. The molecule has 1 heterocycles. The smallest absolute Gasteiger partial charge is 0.170 e. The van der Waals surface area contributed by atoms with Crippen LogP contribution in [0.25, 0.3) is 22.0 Å². The van der Waals surface area contributed by atoms with Gasteiger partial charge >= 0.3 is 0 Å². The maximum Gasteiger partial charge on any atom is 0.170 e. The Morgan fingerprint density at radius 2 is 2.00 bits per heavy atom. The number of benzene rings is 2. The molecule has 32 heavy (non-hydrogen) atoms. The fourth-order valence-electron chi connectivity index (χ4n) is 4.89. The van der Waals surface area contributed by atoms with Crippen molar-refractivity contribution < 1.29 is 9.50 Å². The highest BCUT2D eigenvalue weighted by Crippen LogP contribution is 2.36. The average molecular weight is 456 g/mol. The van der Waals surface area contributed by atoms with Crippen LogP contribution < -0.4 is 5.32 Å². The number of hydrogen-bond donors (Lipinski definition) is 2. The van der Waals surface area contributed by atoms with Crippen molar-refractivity contribution >= 4 is 28.2 Å². The van der Waals surface area contributed by atoms with Crippen LogP contribution in [0.15, 0.2) is 36.5 Å². The van der Waals surface area contributed by atoms with Crippen LogP contribution in [-0.4, -0.2) is 41.7 Å². The first-order chi connectivity index (χ1) is 15.4. The van der Waals surface area contributed by atoms with Gasteiger partial charge in [0.05, 0.1) is 10.5 Å². The summed E-state index contributed by atoms with van der Waals surface area (Å²) in [6, 6.07) is 9.27. The summed E-state index contributed by atoms with van der Waals surface area (Å²) in [7, 11) is 4.28. The fourth-order valence-corrected chi connectivity index (χ4v) is 5.10. The number of anilines is 1. The Labute approximate surface area is 194 Å². The minimum Gasteiger partial charge on any atom is -0.504 e. The Balaban J connectivity index is 1.72. The monoisotopic (exact) mass is 455 g/mol. The third-order valence-corrected chi connectivity index (χ3v) is 6.72. The van der Waals surface area contributed by atoms with Gasteiger partial charge in [0.15, 0.2) is 11.6 Å². The summed E-state index contributed by atoms with van der Waals surface area (Å²) >= 11 is 6.03. The molecule has 170 valence electrons. The summed E-state index contributed by atoms with van der Waals surface area (Å²) < 4.78 is 14.1. The van der Waals surface area contributed by atoms with Crippen LogP contribution in [0, 0.1) is 11.7 Å². The Kier molecular flexibility index (Phi) is 6.87. The van der Waals surface area contributed by atoms with Gasteiger partial charge in [0, 0.05) is 29.9 Å². The zero-order chi connectivity index (χ0) is 22.8. The number of phenols is 1. The second-order valence-corrected chi connectivity index (χ2v) is 9.58. The van der Waals surface area contributed by atoms with Gasteiger partial charge in [0.2, 0.25) is 0 Å². The van der Waals surface area contributed by atoms with Crippen LogP contribution in [0.1, 0.15) is 38.2 Å². The second kappa shape index (κ2) is 9.63. The molecule has 0 aliphatic heterocycles. The zero-order valence-electron chi connectivity index (χ0n) is 19.0. The molecule has 0 spiro atoms. The lowest BCUT2D eigenvalue weighted by Gasteiger charge is -2.32. The number of aromatic hydroxyl groups is 1. The zero-order valence-corrected chi connectivity index (χ0v) is 19.7. The van der Waals surface area contributed by atoms with E-state index in [9.17, 15) is 9.50 Å². The van der Waals surface area contributed by atoms with Crippen molar-refractivity contribution in [2.24, 2.45) is 5.92 Å². The van der Waals surface area contributed by atoms with Crippen molar-refractivity contribution in [1.29, 1.82) is 0 Å². The largest absolute Gasteiger partial charge is 0.504 e. The molecule has 4 rings (SSSR count). The van der Waals surface area contributed by atoms with Crippen molar-refractivity contribution in [2.45, 2.75) is 45.1 Å². The van der Waals surface area contributed by atoms with Crippen molar-refractivity contribution in [1.82, 2.24) is 9.88 Å². The van der Waals surface area contributed by atoms with Gasteiger partial charge in [-0.2, -0.15) is 0 Å². The molecule has 0 saturated heterocycles. The molecule has 6 heteroatoms. The Bertz CT molecular complexity index is 1090. The van der Waals surface area contributed by atoms with E-state index in [0.717, 1.165) is 48.0 Å². The number of nitrogens with zero attached hydrogens (tertiary/aromatic N) is 2. The van der Waals surface area contributed by atoms with E-state index in [1.165, 1.54) is 24.5 Å². The number of aromatic nitrogens is 1. The summed E-state index contributed by atoms with van der Waals surface area (Å²) in [6.45, 7) is 3.26. The van der Waals surface area contributed by atoms with Gasteiger partial charge in [-0.05, 0) is 86.7 Å². The maximum absolute atomic E-state index is 14.1. The van der Waals surface area contributed by atoms with Gasteiger partial charge in [-0.25, -0.2) is 4.39 Å². The van der Waals surface area contributed by atoms with E-state index in [-0.39, 0.29) is 5.02 Å². The number of fused-ring (bicyclic) bond motifs is 1. The SMILES string of the molecule is CCc1cnc2ccc(-c3cc(F)c(O)c(Cl)c3)cc2c1N[C@@H]1CCC[C@@H](CN(C)C)C1. The quantitative estimate of drug-likeness (QED) is 0.445. The first-order valence-electron chi connectivity index (χ1n) is 11.4. The van der Waals surface area contributed by atoms with Gasteiger partial charge < -0.3 is 15.3 Å². The molecule has 2 atom stereocenters. The van der Waals surface area contributed by atoms with Crippen molar-refractivity contribution in [3.63, 3.8) is 0 Å². The topological polar surface area (TPSA) is 48.4 Å². The van der Waals surface area contributed by atoms with Crippen LogP contribution in [0.2, 0.25) is 5.02 Å². The highest BCUT2D eigenvalue weighted by atomic mass is 35.5. The third-order valence-electron chi connectivity index (χ3n) is 6.43. The molecule has 0 bridgehead atoms. The lowest BCUT2D eigenvalue weighted by Crippen LogP contribution is -2.32. The Morgan fingerprint density at radius 1 is 1.19 bits per heavy atom. The third kappa shape index (κ3) is 4.84. The Hall–Kier alpha value is -2.37. The minimum atomic E-state index is -0.722. The predicted octanol–water partition coefficient (Wildman–Crippen LogP) is 6.49. The molecule has 0 amide bonds. The van der Waals surface area contributed by atoms with Crippen LogP contribution in [-0.2, 0) is 6.42 Å². The highest BCUT2D eigenvalue weighted by Gasteiger charge is 2.24. The fraction of sp³-hybridized carbons (Fsp3) is 0.423. The molecule has 3 aromatic rings. The maximum atomic E-state index is 14.1. The number of hydrogen-bond acceptors (Lipinski definition) is 4. The number of halogens is 2. The van der Waals surface area contributed by atoms with Gasteiger partial charge in [-0.1, -0.05) is 31.0 Å². The van der Waals surface area contributed by atoms with Crippen molar-refractivity contribution in [3.8, 4) is 16.9 Å². The predicted molar refractivity (Wildman–Crippen MR) is 131 cm³/mol. The summed E-state index contributed by atoms with van der Waals surface area (Å²) in [5, 5.41) is 14.6. The van der Waals surface area contributed by atoms with E-state index < -0.39 is 11.6 Å². The van der Waals surface area contributed by atoms with E-state index in [4.69, 9.17) is 11.6 Å².